The van der Waals surface area contributed by atoms with Gasteiger partial charge in [0, 0.05) is 15.0 Å². The second-order valence-electron chi connectivity index (χ2n) is 3.94. The second-order valence-corrected chi connectivity index (χ2v) is 5.23. The number of hydrogen-bond donors (Lipinski definition) is 1. The van der Waals surface area contributed by atoms with E-state index in [0.29, 0.717) is 5.54 Å². The Kier molecular flexibility index (Phi) is 2.87. The number of hydrogen-bond acceptors (Lipinski definition) is 1. The van der Waals surface area contributed by atoms with E-state index in [4.69, 9.17) is 11.6 Å². The van der Waals surface area contributed by atoms with E-state index in [9.17, 15) is 0 Å². The number of nitrogens with one attached hydrogen (secondary N) is 1. The topological polar surface area (TPSA) is 12.0 Å². The lowest BCUT2D eigenvalue weighted by Gasteiger charge is -2.15. The van der Waals surface area contributed by atoms with Gasteiger partial charge in [0.2, 0.25) is 0 Å². The van der Waals surface area contributed by atoms with Crippen molar-refractivity contribution in [2.24, 2.45) is 0 Å². The van der Waals surface area contributed by atoms with Crippen LogP contribution in [0.25, 0.3) is 0 Å². The summed E-state index contributed by atoms with van der Waals surface area (Å²) in [6.07, 6.45) is 3.64. The van der Waals surface area contributed by atoms with Crippen molar-refractivity contribution in [3.05, 3.63) is 33.3 Å². The molecule has 0 radical (unpaired) electrons. The smallest absolute Gasteiger partial charge is 0.0417 e. The third kappa shape index (κ3) is 2.13. The van der Waals surface area contributed by atoms with Crippen LogP contribution in [0.1, 0.15) is 18.4 Å². The van der Waals surface area contributed by atoms with Gasteiger partial charge in [-0.1, -0.05) is 33.6 Å². The molecule has 0 amide bonds. The zero-order valence-electron chi connectivity index (χ0n) is 8.11. The van der Waals surface area contributed by atoms with Crippen molar-refractivity contribution >= 4 is 27.5 Å². The molecule has 1 fully saturated rings. The molecule has 0 heterocycles. The van der Waals surface area contributed by atoms with Crippen LogP contribution < -0.4 is 5.32 Å². The van der Waals surface area contributed by atoms with E-state index in [2.05, 4.69) is 27.3 Å². The van der Waals surface area contributed by atoms with Crippen molar-refractivity contribution < 1.29 is 0 Å². The van der Waals surface area contributed by atoms with Gasteiger partial charge < -0.3 is 5.32 Å². The third-order valence-corrected chi connectivity index (χ3v) is 3.90. The molecule has 0 bridgehead atoms. The average molecular weight is 275 g/mol. The lowest BCUT2D eigenvalue weighted by atomic mass is 10.0. The molecular formula is C11H13BrClN. The van der Waals surface area contributed by atoms with E-state index in [1.165, 1.54) is 18.4 Å². The molecule has 0 saturated heterocycles. The van der Waals surface area contributed by atoms with E-state index in [0.717, 1.165) is 15.9 Å². The molecule has 1 aromatic rings. The van der Waals surface area contributed by atoms with Gasteiger partial charge in [-0.15, -0.1) is 0 Å². The largest absolute Gasteiger partial charge is 0.314 e. The summed E-state index contributed by atoms with van der Waals surface area (Å²) in [5.74, 6) is 0. The first-order valence-corrected chi connectivity index (χ1v) is 5.95. The van der Waals surface area contributed by atoms with Gasteiger partial charge in [-0.05, 0) is 44.0 Å². The molecule has 2 rings (SSSR count). The second kappa shape index (κ2) is 3.84. The predicted octanol–water partition coefficient (Wildman–Crippen LogP) is 3.40. The van der Waals surface area contributed by atoms with Crippen LogP contribution in [0.4, 0.5) is 0 Å². The van der Waals surface area contributed by atoms with Crippen LogP contribution in [-0.4, -0.2) is 12.6 Å². The van der Waals surface area contributed by atoms with E-state index >= 15 is 0 Å². The number of likely N-dealkylation sites (N-methyl/N-ethyl adjacent to an activating group) is 1. The first kappa shape index (κ1) is 10.5. The van der Waals surface area contributed by atoms with Crippen LogP contribution in [0, 0.1) is 0 Å². The first-order chi connectivity index (χ1) is 6.65. The van der Waals surface area contributed by atoms with Gasteiger partial charge in [0.15, 0.2) is 0 Å². The van der Waals surface area contributed by atoms with Crippen molar-refractivity contribution in [1.29, 1.82) is 0 Å². The highest BCUT2D eigenvalue weighted by atomic mass is 79.9. The van der Waals surface area contributed by atoms with Gasteiger partial charge in [0.1, 0.15) is 0 Å². The Labute approximate surface area is 98.0 Å². The van der Waals surface area contributed by atoms with Crippen molar-refractivity contribution in [3.63, 3.8) is 0 Å². The highest BCUT2D eigenvalue weighted by Gasteiger charge is 2.41. The Bertz CT molecular complexity index is 347. The zero-order chi connectivity index (χ0) is 10.2. The van der Waals surface area contributed by atoms with Crippen LogP contribution in [0.3, 0.4) is 0 Å². The Morgan fingerprint density at radius 2 is 2.21 bits per heavy atom. The van der Waals surface area contributed by atoms with Crippen LogP contribution >= 0.6 is 27.5 Å². The maximum atomic E-state index is 5.89. The maximum Gasteiger partial charge on any atom is 0.0417 e. The average Bonchev–Trinajstić information content (AvgIpc) is 2.91. The van der Waals surface area contributed by atoms with Crippen LogP contribution in [0.2, 0.25) is 5.02 Å². The normalized spacial score (nSPS) is 18.2. The van der Waals surface area contributed by atoms with Crippen LogP contribution in [-0.2, 0) is 6.42 Å². The minimum Gasteiger partial charge on any atom is -0.314 e. The summed E-state index contributed by atoms with van der Waals surface area (Å²) >= 11 is 9.44. The van der Waals surface area contributed by atoms with Gasteiger partial charge in [0.25, 0.3) is 0 Å². The van der Waals surface area contributed by atoms with Crippen molar-refractivity contribution in [2.45, 2.75) is 24.8 Å². The van der Waals surface area contributed by atoms with Crippen molar-refractivity contribution in [2.75, 3.05) is 7.05 Å². The summed E-state index contributed by atoms with van der Waals surface area (Å²) in [6, 6.07) is 6.01. The molecule has 0 unspecified atom stereocenters. The SMILES string of the molecule is CNC1(Cc2ccc(Cl)cc2Br)CC1. The minimum atomic E-state index is 0.357. The Hall–Kier alpha value is -0.0500. The Balaban J connectivity index is 2.17. The lowest BCUT2D eigenvalue weighted by Crippen LogP contribution is -2.29. The highest BCUT2D eigenvalue weighted by molar-refractivity contribution is 9.10. The molecule has 14 heavy (non-hydrogen) atoms. The fourth-order valence-corrected chi connectivity index (χ4v) is 2.52. The van der Waals surface area contributed by atoms with Gasteiger partial charge in [-0.3, -0.25) is 0 Å². The molecule has 1 N–H and O–H groups in total. The molecule has 76 valence electrons. The summed E-state index contributed by atoms with van der Waals surface area (Å²) in [7, 11) is 2.04. The molecule has 1 aliphatic rings. The molecule has 1 saturated carbocycles. The van der Waals surface area contributed by atoms with Gasteiger partial charge in [-0.2, -0.15) is 0 Å². The van der Waals surface area contributed by atoms with Gasteiger partial charge in [0.05, 0.1) is 0 Å². The number of rotatable bonds is 3. The number of benzene rings is 1. The summed E-state index contributed by atoms with van der Waals surface area (Å²) in [5, 5.41) is 4.18. The molecule has 0 spiro atoms. The maximum absolute atomic E-state index is 5.89. The standard InChI is InChI=1S/C11H13BrClN/c1-14-11(4-5-11)7-8-2-3-9(13)6-10(8)12/h2-3,6,14H,4-5,7H2,1H3. The highest BCUT2D eigenvalue weighted by Crippen LogP contribution is 2.39. The quantitative estimate of drug-likeness (QED) is 0.891. The number of halogens is 2. The fraction of sp³-hybridized carbons (Fsp3) is 0.455. The van der Waals surface area contributed by atoms with Crippen molar-refractivity contribution in [1.82, 2.24) is 5.32 Å². The predicted molar refractivity (Wildman–Crippen MR) is 63.9 cm³/mol. The minimum absolute atomic E-state index is 0.357. The molecular weight excluding hydrogens is 261 g/mol. The summed E-state index contributed by atoms with van der Waals surface area (Å²) in [5.41, 5.74) is 1.69. The van der Waals surface area contributed by atoms with Crippen LogP contribution in [0.5, 0.6) is 0 Å². The van der Waals surface area contributed by atoms with Crippen molar-refractivity contribution in [3.8, 4) is 0 Å². The third-order valence-electron chi connectivity index (χ3n) is 2.93. The summed E-state index contributed by atoms with van der Waals surface area (Å²) in [4.78, 5) is 0. The van der Waals surface area contributed by atoms with Gasteiger partial charge >= 0.3 is 0 Å². The molecule has 1 nitrogen and oxygen atoms in total. The Morgan fingerprint density at radius 1 is 1.50 bits per heavy atom. The first-order valence-electron chi connectivity index (χ1n) is 4.78. The van der Waals surface area contributed by atoms with E-state index in [1.54, 1.807) is 0 Å². The fourth-order valence-electron chi connectivity index (χ4n) is 1.70. The monoisotopic (exact) mass is 273 g/mol. The molecule has 1 aromatic carbocycles. The molecule has 0 aromatic heterocycles. The molecule has 1 aliphatic carbocycles. The summed E-state index contributed by atoms with van der Waals surface area (Å²) < 4.78 is 1.12. The Morgan fingerprint density at radius 3 is 2.71 bits per heavy atom. The van der Waals surface area contributed by atoms with E-state index in [1.807, 2.05) is 19.2 Å². The summed E-state index contributed by atoms with van der Waals surface area (Å²) in [6.45, 7) is 0. The molecule has 3 heteroatoms. The van der Waals surface area contributed by atoms with Crippen LogP contribution in [0.15, 0.2) is 22.7 Å². The zero-order valence-corrected chi connectivity index (χ0v) is 10.5. The lowest BCUT2D eigenvalue weighted by molar-refractivity contribution is 0.548. The molecule has 0 atom stereocenters. The van der Waals surface area contributed by atoms with E-state index < -0.39 is 0 Å². The van der Waals surface area contributed by atoms with Gasteiger partial charge in [-0.25, -0.2) is 0 Å². The molecule has 0 aliphatic heterocycles. The van der Waals surface area contributed by atoms with E-state index in [-0.39, 0.29) is 0 Å².